The largest absolute Gasteiger partial charge is 0.459 e. The lowest BCUT2D eigenvalue weighted by atomic mass is 9.50. The van der Waals surface area contributed by atoms with Crippen LogP contribution in [0.3, 0.4) is 0 Å². The van der Waals surface area contributed by atoms with Crippen molar-refractivity contribution in [3.8, 4) is 0 Å². The summed E-state index contributed by atoms with van der Waals surface area (Å²) in [5, 5.41) is 0. The van der Waals surface area contributed by atoms with Gasteiger partial charge in [0.2, 0.25) is 0 Å². The molecule has 0 amide bonds. The van der Waals surface area contributed by atoms with Crippen LogP contribution in [0.15, 0.2) is 0 Å². The summed E-state index contributed by atoms with van der Waals surface area (Å²) in [5.74, 6) is 3.18. The van der Waals surface area contributed by atoms with Crippen LogP contribution >= 0.6 is 0 Å². The Hall–Kier alpha value is -0.530. The van der Waals surface area contributed by atoms with Crippen LogP contribution in [0.4, 0.5) is 0 Å². The van der Waals surface area contributed by atoms with Gasteiger partial charge in [-0.15, -0.1) is 0 Å². The smallest absolute Gasteiger partial charge is 0.306 e. The minimum atomic E-state index is -0.124. The Kier molecular flexibility index (Phi) is 2.31. The van der Waals surface area contributed by atoms with Gasteiger partial charge in [0.1, 0.15) is 5.60 Å². The minimum Gasteiger partial charge on any atom is -0.459 e. The number of hydrogen-bond acceptors (Lipinski definition) is 2. The first kappa shape index (κ1) is 10.6. The Morgan fingerprint density at radius 1 is 1.12 bits per heavy atom. The van der Waals surface area contributed by atoms with Gasteiger partial charge in [-0.1, -0.05) is 6.92 Å². The second kappa shape index (κ2) is 3.48. The second-order valence-corrected chi connectivity index (χ2v) is 6.32. The molecule has 4 rings (SSSR count). The van der Waals surface area contributed by atoms with Crippen LogP contribution < -0.4 is 0 Å². The molecule has 16 heavy (non-hydrogen) atoms. The molecule has 4 bridgehead atoms. The van der Waals surface area contributed by atoms with E-state index in [-0.39, 0.29) is 11.6 Å². The van der Waals surface area contributed by atoms with Crippen molar-refractivity contribution in [3.05, 3.63) is 0 Å². The zero-order valence-corrected chi connectivity index (χ0v) is 10.4. The molecule has 0 heterocycles. The van der Waals surface area contributed by atoms with Gasteiger partial charge in [0.05, 0.1) is 0 Å². The first-order valence-electron chi connectivity index (χ1n) is 6.83. The van der Waals surface area contributed by atoms with E-state index in [1.807, 2.05) is 6.92 Å². The van der Waals surface area contributed by atoms with Gasteiger partial charge in [-0.3, -0.25) is 4.79 Å². The third kappa shape index (κ3) is 1.42. The van der Waals surface area contributed by atoms with E-state index in [1.165, 1.54) is 32.1 Å². The van der Waals surface area contributed by atoms with Gasteiger partial charge in [0.15, 0.2) is 0 Å². The maximum Gasteiger partial charge on any atom is 0.306 e. The van der Waals surface area contributed by atoms with E-state index < -0.39 is 0 Å². The topological polar surface area (TPSA) is 26.3 Å². The molecule has 4 aliphatic carbocycles. The monoisotopic (exact) mass is 222 g/mol. The third-order valence-electron chi connectivity index (χ3n) is 5.38. The van der Waals surface area contributed by atoms with Gasteiger partial charge in [-0.25, -0.2) is 0 Å². The summed E-state index contributed by atoms with van der Waals surface area (Å²) >= 11 is 0. The van der Waals surface area contributed by atoms with Crippen molar-refractivity contribution < 1.29 is 9.53 Å². The summed E-state index contributed by atoms with van der Waals surface area (Å²) in [6.07, 6.45) is 7.19. The van der Waals surface area contributed by atoms with Gasteiger partial charge in [-0.05, 0) is 62.7 Å². The molecule has 4 fully saturated rings. The van der Waals surface area contributed by atoms with Gasteiger partial charge in [0.25, 0.3) is 0 Å². The Balaban J connectivity index is 1.82. The summed E-state index contributed by atoms with van der Waals surface area (Å²) in [7, 11) is 0. The van der Waals surface area contributed by atoms with Crippen molar-refractivity contribution in [2.45, 2.75) is 58.0 Å². The molecular formula is C14H22O2. The van der Waals surface area contributed by atoms with Crippen LogP contribution in [0.5, 0.6) is 0 Å². The molecule has 0 N–H and O–H groups in total. The Morgan fingerprint density at radius 2 is 1.62 bits per heavy atom. The minimum absolute atomic E-state index is 0.00465. The van der Waals surface area contributed by atoms with Crippen molar-refractivity contribution in [3.63, 3.8) is 0 Å². The normalized spacial score (nSPS) is 49.4. The number of carbonyl (C=O) groups excluding carboxylic acids is 1. The standard InChI is InChI=1S/C14H22O2/c1-3-13(15)16-14(2)11-5-9-4-10(7-11)8-12(14)6-9/h9-12H,3-8H2,1-2H3. The van der Waals surface area contributed by atoms with E-state index in [4.69, 9.17) is 4.74 Å². The van der Waals surface area contributed by atoms with Crippen LogP contribution in [-0.2, 0) is 9.53 Å². The van der Waals surface area contributed by atoms with Crippen LogP contribution in [0.25, 0.3) is 0 Å². The van der Waals surface area contributed by atoms with Crippen LogP contribution in [0.1, 0.15) is 52.4 Å². The van der Waals surface area contributed by atoms with Crippen molar-refractivity contribution in [1.82, 2.24) is 0 Å². The maximum absolute atomic E-state index is 11.6. The lowest BCUT2D eigenvalue weighted by molar-refractivity contribution is -0.202. The zero-order chi connectivity index (χ0) is 11.3. The molecular weight excluding hydrogens is 200 g/mol. The maximum atomic E-state index is 11.6. The summed E-state index contributed by atoms with van der Waals surface area (Å²) in [6.45, 7) is 4.09. The third-order valence-corrected chi connectivity index (χ3v) is 5.38. The average molecular weight is 222 g/mol. The van der Waals surface area contributed by atoms with E-state index in [2.05, 4.69) is 6.92 Å². The summed E-state index contributed by atoms with van der Waals surface area (Å²) in [6, 6.07) is 0. The number of rotatable bonds is 2. The average Bonchev–Trinajstić information content (AvgIpc) is 2.25. The molecule has 0 aromatic carbocycles. The number of esters is 1. The molecule has 4 aliphatic rings. The van der Waals surface area contributed by atoms with Gasteiger partial charge >= 0.3 is 5.97 Å². The molecule has 2 heteroatoms. The highest BCUT2D eigenvalue weighted by Gasteiger charge is 2.56. The van der Waals surface area contributed by atoms with E-state index in [0.29, 0.717) is 18.3 Å². The molecule has 0 saturated heterocycles. The summed E-state index contributed by atoms with van der Waals surface area (Å²) in [4.78, 5) is 11.6. The highest BCUT2D eigenvalue weighted by Crippen LogP contribution is 2.59. The first-order valence-corrected chi connectivity index (χ1v) is 6.83. The number of carbonyl (C=O) groups is 1. The first-order chi connectivity index (χ1) is 7.61. The molecule has 0 unspecified atom stereocenters. The highest BCUT2D eigenvalue weighted by molar-refractivity contribution is 5.69. The Labute approximate surface area is 97.7 Å². The summed E-state index contributed by atoms with van der Waals surface area (Å²) < 4.78 is 5.82. The molecule has 2 nitrogen and oxygen atoms in total. The lowest BCUT2D eigenvalue weighted by Crippen LogP contribution is -2.57. The predicted octanol–water partition coefficient (Wildman–Crippen LogP) is 3.15. The SMILES string of the molecule is CCC(=O)OC1(C)C2CC3CC(C2)CC1C3. The zero-order valence-electron chi connectivity index (χ0n) is 10.4. The fourth-order valence-electron chi connectivity index (χ4n) is 4.60. The Morgan fingerprint density at radius 3 is 2.06 bits per heavy atom. The quantitative estimate of drug-likeness (QED) is 0.671. The van der Waals surface area contributed by atoms with Crippen molar-refractivity contribution in [1.29, 1.82) is 0 Å². The molecule has 4 saturated carbocycles. The molecule has 0 atom stereocenters. The van der Waals surface area contributed by atoms with E-state index >= 15 is 0 Å². The van der Waals surface area contributed by atoms with Crippen LogP contribution in [0.2, 0.25) is 0 Å². The molecule has 0 radical (unpaired) electrons. The van der Waals surface area contributed by atoms with E-state index in [9.17, 15) is 4.79 Å². The van der Waals surface area contributed by atoms with Crippen molar-refractivity contribution >= 4 is 5.97 Å². The van der Waals surface area contributed by atoms with Crippen molar-refractivity contribution in [2.75, 3.05) is 0 Å². The van der Waals surface area contributed by atoms with Gasteiger partial charge < -0.3 is 4.74 Å². The fourth-order valence-corrected chi connectivity index (χ4v) is 4.60. The van der Waals surface area contributed by atoms with Crippen LogP contribution in [-0.4, -0.2) is 11.6 Å². The molecule has 0 aliphatic heterocycles. The molecule has 0 spiro atoms. The van der Waals surface area contributed by atoms with Gasteiger partial charge in [0, 0.05) is 6.42 Å². The molecule has 90 valence electrons. The second-order valence-electron chi connectivity index (χ2n) is 6.32. The number of hydrogen-bond donors (Lipinski definition) is 0. The fraction of sp³-hybridized carbons (Fsp3) is 0.929. The number of ether oxygens (including phenoxy) is 1. The van der Waals surface area contributed by atoms with E-state index in [0.717, 1.165) is 11.8 Å². The van der Waals surface area contributed by atoms with E-state index in [1.54, 1.807) is 0 Å². The highest BCUT2D eigenvalue weighted by atomic mass is 16.6. The Bertz CT molecular complexity index is 280. The van der Waals surface area contributed by atoms with Gasteiger partial charge in [-0.2, -0.15) is 0 Å². The van der Waals surface area contributed by atoms with Crippen molar-refractivity contribution in [2.24, 2.45) is 23.7 Å². The lowest BCUT2D eigenvalue weighted by Gasteiger charge is -2.59. The molecule has 0 aromatic rings. The predicted molar refractivity (Wildman–Crippen MR) is 61.8 cm³/mol. The summed E-state index contributed by atoms with van der Waals surface area (Å²) in [5.41, 5.74) is -0.124. The molecule has 0 aromatic heterocycles. The van der Waals surface area contributed by atoms with Crippen LogP contribution in [0, 0.1) is 23.7 Å².